The Kier molecular flexibility index (Phi) is 14.3. The van der Waals surface area contributed by atoms with E-state index in [0.717, 1.165) is 52.4 Å². The molecule has 0 amide bonds. The summed E-state index contributed by atoms with van der Waals surface area (Å²) in [6.07, 6.45) is -0.908. The zero-order valence-corrected chi connectivity index (χ0v) is 17.6. The van der Waals surface area contributed by atoms with Crippen molar-refractivity contribution >= 4 is 12.1 Å². The number of carbonyl (C=O) groups is 2. The van der Waals surface area contributed by atoms with E-state index in [2.05, 4.69) is 30.6 Å². The van der Waals surface area contributed by atoms with Crippen molar-refractivity contribution in [3.05, 3.63) is 0 Å². The summed E-state index contributed by atoms with van der Waals surface area (Å²) in [5, 5.41) is 0. The SMILES string of the molecule is CCN(CC)CCN(CC)CCN(CC)CC(=O)OC(=O)OCC(C)C. The number of hydrogen-bond acceptors (Lipinski definition) is 7. The van der Waals surface area contributed by atoms with Gasteiger partial charge in [-0.25, -0.2) is 4.79 Å². The van der Waals surface area contributed by atoms with Gasteiger partial charge in [0.25, 0.3) is 0 Å². The highest BCUT2D eigenvalue weighted by Crippen LogP contribution is 1.98. The molecule has 0 saturated heterocycles. The standard InChI is InChI=1S/C19H39N3O4/c1-7-20(8-2)11-12-21(9-3)13-14-22(10-4)15-18(23)26-19(24)25-16-17(5)6/h17H,7-16H2,1-6H3. The third-order valence-corrected chi connectivity index (χ3v) is 4.34. The minimum atomic E-state index is -0.908. The molecule has 0 fully saturated rings. The van der Waals surface area contributed by atoms with Gasteiger partial charge in [-0.2, -0.15) is 0 Å². The smallest absolute Gasteiger partial charge is 0.434 e. The second kappa shape index (κ2) is 14.9. The average Bonchev–Trinajstić information content (AvgIpc) is 2.61. The maximum atomic E-state index is 11.9. The van der Waals surface area contributed by atoms with Gasteiger partial charge >= 0.3 is 12.1 Å². The van der Waals surface area contributed by atoms with Gasteiger partial charge in [0.1, 0.15) is 0 Å². The lowest BCUT2D eigenvalue weighted by Gasteiger charge is -2.27. The van der Waals surface area contributed by atoms with Crippen molar-refractivity contribution < 1.29 is 19.1 Å². The minimum Gasteiger partial charge on any atom is -0.434 e. The number of carbonyl (C=O) groups excluding carboxylic acids is 2. The van der Waals surface area contributed by atoms with Gasteiger partial charge in [-0.05, 0) is 32.1 Å². The molecular formula is C19H39N3O4. The van der Waals surface area contributed by atoms with Crippen molar-refractivity contribution in [2.24, 2.45) is 5.92 Å². The molecule has 7 nitrogen and oxygen atoms in total. The predicted molar refractivity (Wildman–Crippen MR) is 104 cm³/mol. The van der Waals surface area contributed by atoms with E-state index in [1.165, 1.54) is 0 Å². The molecule has 0 atom stereocenters. The van der Waals surface area contributed by atoms with Crippen molar-refractivity contribution in [3.63, 3.8) is 0 Å². The van der Waals surface area contributed by atoms with Crippen LogP contribution in [0, 0.1) is 5.92 Å². The van der Waals surface area contributed by atoms with Crippen LogP contribution in [0.3, 0.4) is 0 Å². The first kappa shape index (κ1) is 24.8. The second-order valence-electron chi connectivity index (χ2n) is 6.76. The molecule has 0 rings (SSSR count). The molecule has 0 aromatic carbocycles. The lowest BCUT2D eigenvalue weighted by Crippen LogP contribution is -2.41. The topological polar surface area (TPSA) is 62.3 Å². The Morgan fingerprint density at radius 1 is 0.769 bits per heavy atom. The highest BCUT2D eigenvalue weighted by atomic mass is 16.7. The highest BCUT2D eigenvalue weighted by Gasteiger charge is 2.16. The lowest BCUT2D eigenvalue weighted by molar-refractivity contribution is -0.141. The average molecular weight is 374 g/mol. The highest BCUT2D eigenvalue weighted by molar-refractivity contribution is 5.83. The van der Waals surface area contributed by atoms with Gasteiger partial charge in [0.2, 0.25) is 0 Å². The van der Waals surface area contributed by atoms with Crippen LogP contribution in [0.15, 0.2) is 0 Å². The number of ether oxygens (including phenoxy) is 2. The summed E-state index contributed by atoms with van der Waals surface area (Å²) in [6.45, 7) is 20.2. The third kappa shape index (κ3) is 12.2. The zero-order valence-electron chi connectivity index (χ0n) is 17.6. The fraction of sp³-hybridized carbons (Fsp3) is 0.895. The molecule has 0 spiro atoms. The van der Waals surface area contributed by atoms with Crippen molar-refractivity contribution in [2.45, 2.75) is 41.5 Å². The molecule has 0 unspecified atom stereocenters. The Morgan fingerprint density at radius 3 is 1.69 bits per heavy atom. The molecule has 0 radical (unpaired) electrons. The number of likely N-dealkylation sites (N-methyl/N-ethyl adjacent to an activating group) is 3. The Balaban J connectivity index is 4.22. The molecule has 0 aromatic rings. The molecule has 0 aliphatic heterocycles. The van der Waals surface area contributed by atoms with Gasteiger partial charge in [-0.3, -0.25) is 9.69 Å². The minimum absolute atomic E-state index is 0.0981. The van der Waals surface area contributed by atoms with E-state index in [1.807, 2.05) is 25.7 Å². The molecule has 0 N–H and O–H groups in total. The lowest BCUT2D eigenvalue weighted by atomic mass is 10.2. The second-order valence-corrected chi connectivity index (χ2v) is 6.76. The summed E-state index contributed by atoms with van der Waals surface area (Å²) < 4.78 is 9.58. The normalized spacial score (nSPS) is 11.6. The van der Waals surface area contributed by atoms with Crippen LogP contribution < -0.4 is 0 Å². The molecule has 0 aromatic heterocycles. The molecule has 0 heterocycles. The van der Waals surface area contributed by atoms with Crippen molar-refractivity contribution in [3.8, 4) is 0 Å². The maximum Gasteiger partial charge on any atom is 0.516 e. The van der Waals surface area contributed by atoms with Crippen molar-refractivity contribution in [2.75, 3.05) is 65.5 Å². The summed E-state index contributed by atoms with van der Waals surface area (Å²) in [5.74, 6) is -0.354. The Morgan fingerprint density at radius 2 is 1.23 bits per heavy atom. The van der Waals surface area contributed by atoms with Crippen LogP contribution in [0.2, 0.25) is 0 Å². The molecular weight excluding hydrogens is 334 g/mol. The third-order valence-electron chi connectivity index (χ3n) is 4.34. The zero-order chi connectivity index (χ0) is 19.9. The number of nitrogens with zero attached hydrogens (tertiary/aromatic N) is 3. The van der Waals surface area contributed by atoms with Crippen molar-refractivity contribution in [1.29, 1.82) is 0 Å². The van der Waals surface area contributed by atoms with E-state index in [4.69, 9.17) is 9.47 Å². The van der Waals surface area contributed by atoms with Crippen LogP contribution in [0.4, 0.5) is 4.79 Å². The Hall–Kier alpha value is -1.18. The molecule has 0 bridgehead atoms. The van der Waals surface area contributed by atoms with Crippen molar-refractivity contribution in [1.82, 2.24) is 14.7 Å². The van der Waals surface area contributed by atoms with Gasteiger partial charge in [0, 0.05) is 26.2 Å². The van der Waals surface area contributed by atoms with Crippen LogP contribution in [-0.4, -0.2) is 92.3 Å². The predicted octanol–water partition coefficient (Wildman–Crippen LogP) is 2.31. The summed E-state index contributed by atoms with van der Waals surface area (Å²) in [4.78, 5) is 30.1. The van der Waals surface area contributed by atoms with Crippen LogP contribution >= 0.6 is 0 Å². The number of esters is 1. The Labute approximate surface area is 159 Å². The van der Waals surface area contributed by atoms with E-state index < -0.39 is 12.1 Å². The molecule has 26 heavy (non-hydrogen) atoms. The molecule has 0 saturated carbocycles. The summed E-state index contributed by atoms with van der Waals surface area (Å²) in [7, 11) is 0. The van der Waals surface area contributed by atoms with Crippen LogP contribution in [0.25, 0.3) is 0 Å². The van der Waals surface area contributed by atoms with Crippen LogP contribution in [0.1, 0.15) is 41.5 Å². The van der Waals surface area contributed by atoms with Gasteiger partial charge < -0.3 is 19.3 Å². The van der Waals surface area contributed by atoms with Gasteiger partial charge in [0.15, 0.2) is 0 Å². The number of hydrogen-bond donors (Lipinski definition) is 0. The fourth-order valence-electron chi connectivity index (χ4n) is 2.45. The van der Waals surface area contributed by atoms with E-state index in [-0.39, 0.29) is 19.1 Å². The van der Waals surface area contributed by atoms with Crippen LogP contribution in [0.5, 0.6) is 0 Å². The monoisotopic (exact) mass is 373 g/mol. The Bertz CT molecular complexity index is 387. The number of rotatable bonds is 14. The van der Waals surface area contributed by atoms with Gasteiger partial charge in [-0.15, -0.1) is 0 Å². The first-order chi connectivity index (χ1) is 12.4. The summed E-state index contributed by atoms with van der Waals surface area (Å²) in [5.41, 5.74) is 0. The first-order valence-corrected chi connectivity index (χ1v) is 9.90. The summed E-state index contributed by atoms with van der Waals surface area (Å²) in [6, 6.07) is 0. The van der Waals surface area contributed by atoms with E-state index in [9.17, 15) is 9.59 Å². The molecule has 0 aliphatic carbocycles. The molecule has 154 valence electrons. The maximum absolute atomic E-state index is 11.9. The van der Waals surface area contributed by atoms with Crippen LogP contribution in [-0.2, 0) is 14.3 Å². The fourth-order valence-corrected chi connectivity index (χ4v) is 2.45. The van der Waals surface area contributed by atoms with E-state index in [1.54, 1.807) is 0 Å². The summed E-state index contributed by atoms with van der Waals surface area (Å²) >= 11 is 0. The first-order valence-electron chi connectivity index (χ1n) is 9.90. The largest absolute Gasteiger partial charge is 0.516 e. The van der Waals surface area contributed by atoms with Gasteiger partial charge in [0.05, 0.1) is 13.2 Å². The molecule has 0 aliphatic rings. The van der Waals surface area contributed by atoms with E-state index in [0.29, 0.717) is 0 Å². The van der Waals surface area contributed by atoms with Gasteiger partial charge in [-0.1, -0.05) is 41.5 Å². The van der Waals surface area contributed by atoms with E-state index >= 15 is 0 Å². The quantitative estimate of drug-likeness (QED) is 0.342. The molecule has 7 heteroatoms.